The lowest BCUT2D eigenvalue weighted by atomic mass is 9.97. The Labute approximate surface area is 141 Å². The molecule has 1 aromatic heterocycles. The van der Waals surface area contributed by atoms with Crippen LogP contribution in [-0.4, -0.2) is 31.2 Å². The first-order chi connectivity index (χ1) is 11.7. The maximum absolute atomic E-state index is 12.7. The summed E-state index contributed by atoms with van der Waals surface area (Å²) in [4.78, 5) is 17.5. The molecule has 0 saturated carbocycles. The molecule has 0 spiro atoms. The fourth-order valence-electron chi connectivity index (χ4n) is 2.83. The molecular formula is C20H20N2O2. The van der Waals surface area contributed by atoms with Crippen molar-refractivity contribution in [3.8, 4) is 11.3 Å². The van der Waals surface area contributed by atoms with Gasteiger partial charge >= 0.3 is 0 Å². The third kappa shape index (κ3) is 3.14. The van der Waals surface area contributed by atoms with Crippen LogP contribution in [0.1, 0.15) is 15.9 Å². The first kappa shape index (κ1) is 16.1. The second-order valence-corrected chi connectivity index (χ2v) is 5.59. The van der Waals surface area contributed by atoms with Gasteiger partial charge < -0.3 is 10.1 Å². The molecule has 0 fully saturated rings. The van der Waals surface area contributed by atoms with Crippen LogP contribution in [0.5, 0.6) is 0 Å². The molecule has 2 aromatic carbocycles. The second-order valence-electron chi connectivity index (χ2n) is 5.59. The lowest BCUT2D eigenvalue weighted by Gasteiger charge is -2.14. The van der Waals surface area contributed by atoms with Gasteiger partial charge in [0, 0.05) is 24.6 Å². The number of aromatic nitrogens is 1. The molecule has 1 amide bonds. The zero-order valence-corrected chi connectivity index (χ0v) is 13.9. The Balaban J connectivity index is 2.15. The van der Waals surface area contributed by atoms with E-state index >= 15 is 0 Å². The molecule has 4 heteroatoms. The van der Waals surface area contributed by atoms with Crippen molar-refractivity contribution in [2.75, 3.05) is 20.3 Å². The number of rotatable bonds is 5. The van der Waals surface area contributed by atoms with E-state index in [9.17, 15) is 4.79 Å². The van der Waals surface area contributed by atoms with E-state index in [0.29, 0.717) is 18.7 Å². The Morgan fingerprint density at radius 1 is 1.08 bits per heavy atom. The Morgan fingerprint density at radius 2 is 1.79 bits per heavy atom. The lowest BCUT2D eigenvalue weighted by Crippen LogP contribution is -2.28. The van der Waals surface area contributed by atoms with Gasteiger partial charge in [-0.15, -0.1) is 0 Å². The molecule has 0 aliphatic heterocycles. The molecule has 0 radical (unpaired) electrons. The van der Waals surface area contributed by atoms with Crippen molar-refractivity contribution in [1.29, 1.82) is 0 Å². The molecule has 4 nitrogen and oxygen atoms in total. The van der Waals surface area contributed by atoms with Crippen molar-refractivity contribution in [1.82, 2.24) is 10.3 Å². The highest BCUT2D eigenvalue weighted by atomic mass is 16.5. The van der Waals surface area contributed by atoms with Crippen molar-refractivity contribution in [2.24, 2.45) is 0 Å². The predicted molar refractivity (Wildman–Crippen MR) is 96.1 cm³/mol. The van der Waals surface area contributed by atoms with Crippen LogP contribution in [0, 0.1) is 6.92 Å². The van der Waals surface area contributed by atoms with Gasteiger partial charge in [-0.05, 0) is 18.6 Å². The smallest absolute Gasteiger partial charge is 0.252 e. The summed E-state index contributed by atoms with van der Waals surface area (Å²) in [6.45, 7) is 2.92. The average Bonchev–Trinajstić information content (AvgIpc) is 2.62. The molecule has 0 unspecified atom stereocenters. The monoisotopic (exact) mass is 320 g/mol. The van der Waals surface area contributed by atoms with E-state index in [1.807, 2.05) is 61.5 Å². The number of ether oxygens (including phenoxy) is 1. The number of amides is 1. The van der Waals surface area contributed by atoms with Crippen LogP contribution in [0.3, 0.4) is 0 Å². The van der Waals surface area contributed by atoms with Crippen LogP contribution in [0.4, 0.5) is 0 Å². The summed E-state index contributed by atoms with van der Waals surface area (Å²) in [5.74, 6) is -0.0969. The quantitative estimate of drug-likeness (QED) is 0.731. The number of pyridine rings is 1. The minimum Gasteiger partial charge on any atom is -0.383 e. The van der Waals surface area contributed by atoms with Crippen molar-refractivity contribution < 1.29 is 9.53 Å². The van der Waals surface area contributed by atoms with E-state index in [0.717, 1.165) is 27.7 Å². The van der Waals surface area contributed by atoms with E-state index in [2.05, 4.69) is 5.32 Å². The number of carbonyl (C=O) groups is 1. The van der Waals surface area contributed by atoms with Crippen molar-refractivity contribution >= 4 is 16.8 Å². The van der Waals surface area contributed by atoms with Crippen LogP contribution < -0.4 is 5.32 Å². The zero-order valence-electron chi connectivity index (χ0n) is 13.9. The molecule has 0 atom stereocenters. The molecule has 3 aromatic rings. The van der Waals surface area contributed by atoms with Gasteiger partial charge in [0.1, 0.15) is 0 Å². The molecule has 24 heavy (non-hydrogen) atoms. The minimum atomic E-state index is -0.0969. The molecule has 1 N–H and O–H groups in total. The maximum atomic E-state index is 12.7. The maximum Gasteiger partial charge on any atom is 0.252 e. The summed E-state index contributed by atoms with van der Waals surface area (Å²) in [6.07, 6.45) is 0. The molecule has 3 rings (SSSR count). The van der Waals surface area contributed by atoms with Crippen molar-refractivity contribution in [3.05, 3.63) is 65.7 Å². The number of nitrogens with one attached hydrogen (secondary N) is 1. The molecule has 0 saturated heterocycles. The van der Waals surface area contributed by atoms with Gasteiger partial charge in [0.25, 0.3) is 5.91 Å². The van der Waals surface area contributed by atoms with Gasteiger partial charge in [0.15, 0.2) is 0 Å². The zero-order chi connectivity index (χ0) is 16.9. The molecule has 0 aliphatic rings. The van der Waals surface area contributed by atoms with Gasteiger partial charge in [-0.25, -0.2) is 4.98 Å². The largest absolute Gasteiger partial charge is 0.383 e. The van der Waals surface area contributed by atoms with Crippen LogP contribution in [0.15, 0.2) is 54.6 Å². The Bertz CT molecular complexity index is 860. The standard InChI is InChI=1S/C20H20N2O2/c1-14-18(20(23)21-12-13-24-2)16-10-6-7-11-17(16)22-19(14)15-8-4-3-5-9-15/h3-11H,12-13H2,1-2H3,(H,21,23). The number of methoxy groups -OCH3 is 1. The molecule has 122 valence electrons. The normalized spacial score (nSPS) is 10.8. The first-order valence-corrected chi connectivity index (χ1v) is 7.94. The highest BCUT2D eigenvalue weighted by Gasteiger charge is 2.18. The fraction of sp³-hybridized carbons (Fsp3) is 0.200. The van der Waals surface area contributed by atoms with Crippen molar-refractivity contribution in [2.45, 2.75) is 6.92 Å². The fourth-order valence-corrected chi connectivity index (χ4v) is 2.83. The molecule has 1 heterocycles. The van der Waals surface area contributed by atoms with Gasteiger partial charge in [-0.1, -0.05) is 48.5 Å². The van der Waals surface area contributed by atoms with E-state index in [1.165, 1.54) is 0 Å². The number of hydrogen-bond donors (Lipinski definition) is 1. The van der Waals surface area contributed by atoms with Crippen LogP contribution in [-0.2, 0) is 4.74 Å². The van der Waals surface area contributed by atoms with Crippen LogP contribution in [0.2, 0.25) is 0 Å². The highest BCUT2D eigenvalue weighted by molar-refractivity contribution is 6.08. The second kappa shape index (κ2) is 7.23. The summed E-state index contributed by atoms with van der Waals surface area (Å²) >= 11 is 0. The SMILES string of the molecule is COCCNC(=O)c1c(C)c(-c2ccccc2)nc2ccccc12. The van der Waals surface area contributed by atoms with Gasteiger partial charge in [0.2, 0.25) is 0 Å². The van der Waals surface area contributed by atoms with E-state index in [4.69, 9.17) is 9.72 Å². The van der Waals surface area contributed by atoms with Gasteiger partial charge in [0.05, 0.1) is 23.4 Å². The summed E-state index contributed by atoms with van der Waals surface area (Å²) < 4.78 is 5.01. The van der Waals surface area contributed by atoms with E-state index in [1.54, 1.807) is 7.11 Å². The molecule has 0 aliphatic carbocycles. The summed E-state index contributed by atoms with van der Waals surface area (Å²) in [6, 6.07) is 17.7. The summed E-state index contributed by atoms with van der Waals surface area (Å²) in [5, 5.41) is 3.79. The summed E-state index contributed by atoms with van der Waals surface area (Å²) in [5.41, 5.74) is 4.22. The summed E-state index contributed by atoms with van der Waals surface area (Å²) in [7, 11) is 1.62. The third-order valence-electron chi connectivity index (χ3n) is 4.00. The highest BCUT2D eigenvalue weighted by Crippen LogP contribution is 2.29. The average molecular weight is 320 g/mol. The lowest BCUT2D eigenvalue weighted by molar-refractivity contribution is 0.0938. The number of carbonyl (C=O) groups excluding carboxylic acids is 1. The van der Waals surface area contributed by atoms with E-state index < -0.39 is 0 Å². The first-order valence-electron chi connectivity index (χ1n) is 7.94. The minimum absolute atomic E-state index is 0.0969. The van der Waals surface area contributed by atoms with Crippen molar-refractivity contribution in [3.63, 3.8) is 0 Å². The van der Waals surface area contributed by atoms with Gasteiger partial charge in [-0.2, -0.15) is 0 Å². The molecular weight excluding hydrogens is 300 g/mol. The predicted octanol–water partition coefficient (Wildman–Crippen LogP) is 3.59. The van der Waals surface area contributed by atoms with Gasteiger partial charge in [-0.3, -0.25) is 4.79 Å². The number of hydrogen-bond acceptors (Lipinski definition) is 3. The third-order valence-corrected chi connectivity index (χ3v) is 4.00. The van der Waals surface area contributed by atoms with E-state index in [-0.39, 0.29) is 5.91 Å². The Hall–Kier alpha value is -2.72. The number of fused-ring (bicyclic) bond motifs is 1. The van der Waals surface area contributed by atoms with Crippen LogP contribution >= 0.6 is 0 Å². The topological polar surface area (TPSA) is 51.2 Å². The van der Waals surface area contributed by atoms with Crippen LogP contribution in [0.25, 0.3) is 22.2 Å². The number of nitrogens with zero attached hydrogens (tertiary/aromatic N) is 1. The molecule has 0 bridgehead atoms. The number of para-hydroxylation sites is 1. The Kier molecular flexibility index (Phi) is 4.87. The number of benzene rings is 2. The Morgan fingerprint density at radius 3 is 2.54 bits per heavy atom.